The lowest BCUT2D eigenvalue weighted by molar-refractivity contribution is -0.145. The number of nitrogens with zero attached hydrogens (tertiary/aromatic N) is 1. The summed E-state index contributed by atoms with van der Waals surface area (Å²) in [6, 6.07) is 8.32. The summed E-state index contributed by atoms with van der Waals surface area (Å²) in [5.74, 6) is 0.262. The molecule has 1 unspecified atom stereocenters. The van der Waals surface area contributed by atoms with Crippen molar-refractivity contribution in [1.82, 2.24) is 4.90 Å². The molecular weight excluding hydrogens is 258 g/mol. The zero-order chi connectivity index (χ0) is 13.5. The normalized spacial score (nSPS) is 25.2. The molecule has 2 aliphatic heterocycles. The van der Waals surface area contributed by atoms with Crippen molar-refractivity contribution in [3.8, 4) is 0 Å². The predicted molar refractivity (Wildman–Crippen MR) is 76.4 cm³/mol. The number of rotatable bonds is 1. The first-order chi connectivity index (χ1) is 9.05. The Morgan fingerprint density at radius 2 is 2.21 bits per heavy atom. The van der Waals surface area contributed by atoms with E-state index in [1.165, 1.54) is 10.5 Å². The number of thioether (sulfide) groups is 1. The quantitative estimate of drug-likeness (QED) is 0.789. The van der Waals surface area contributed by atoms with Crippen molar-refractivity contribution in [2.45, 2.75) is 36.0 Å². The van der Waals surface area contributed by atoms with Crippen LogP contribution in [0.3, 0.4) is 0 Å². The molecule has 2 heterocycles. The van der Waals surface area contributed by atoms with Gasteiger partial charge in [-0.3, -0.25) is 4.79 Å². The fraction of sp³-hybridized carbons (Fsp3) is 0.533. The smallest absolute Gasteiger partial charge is 0.236 e. The van der Waals surface area contributed by atoms with E-state index < -0.39 is 0 Å². The Morgan fingerprint density at radius 1 is 1.42 bits per heavy atom. The molecule has 1 atom stereocenters. The van der Waals surface area contributed by atoms with E-state index in [1.807, 2.05) is 30.9 Å². The van der Waals surface area contributed by atoms with Gasteiger partial charge in [0.15, 0.2) is 0 Å². The molecule has 3 rings (SSSR count). The minimum Gasteiger partial charge on any atom is -0.372 e. The molecule has 0 bridgehead atoms. The minimum atomic E-state index is -0.218. The molecular formula is C15H19NO2S. The average Bonchev–Trinajstić information content (AvgIpc) is 2.80. The van der Waals surface area contributed by atoms with Gasteiger partial charge in [0.05, 0.1) is 17.5 Å². The van der Waals surface area contributed by atoms with E-state index in [0.29, 0.717) is 13.2 Å². The van der Waals surface area contributed by atoms with Crippen molar-refractivity contribution >= 4 is 17.7 Å². The van der Waals surface area contributed by atoms with Crippen LogP contribution in [0, 0.1) is 0 Å². The second-order valence-electron chi connectivity index (χ2n) is 5.79. The number of benzene rings is 1. The van der Waals surface area contributed by atoms with E-state index in [0.717, 1.165) is 13.0 Å². The van der Waals surface area contributed by atoms with E-state index >= 15 is 0 Å². The minimum absolute atomic E-state index is 0.0475. The number of hydrogen-bond donors (Lipinski definition) is 0. The summed E-state index contributed by atoms with van der Waals surface area (Å²) >= 11 is 1.71. The van der Waals surface area contributed by atoms with Gasteiger partial charge in [0.25, 0.3) is 0 Å². The number of hydrogen-bond acceptors (Lipinski definition) is 3. The van der Waals surface area contributed by atoms with Gasteiger partial charge in [-0.1, -0.05) is 18.2 Å². The molecule has 1 fully saturated rings. The Kier molecular flexibility index (Phi) is 3.31. The van der Waals surface area contributed by atoms with E-state index in [-0.39, 0.29) is 16.8 Å². The Bertz CT molecular complexity index is 476. The molecule has 102 valence electrons. The van der Waals surface area contributed by atoms with Crippen LogP contribution >= 0.6 is 11.8 Å². The molecule has 0 radical (unpaired) electrons. The van der Waals surface area contributed by atoms with Gasteiger partial charge in [-0.15, -0.1) is 11.8 Å². The maximum atomic E-state index is 12.6. The van der Waals surface area contributed by atoms with Gasteiger partial charge in [0, 0.05) is 18.0 Å². The van der Waals surface area contributed by atoms with E-state index in [9.17, 15) is 4.79 Å². The van der Waals surface area contributed by atoms with E-state index in [1.54, 1.807) is 11.8 Å². The monoisotopic (exact) mass is 277 g/mol. The van der Waals surface area contributed by atoms with Crippen molar-refractivity contribution in [3.63, 3.8) is 0 Å². The van der Waals surface area contributed by atoms with Crippen molar-refractivity contribution in [1.29, 1.82) is 0 Å². The number of morpholine rings is 1. The van der Waals surface area contributed by atoms with Crippen LogP contribution < -0.4 is 0 Å². The first-order valence-corrected chi connectivity index (χ1v) is 7.60. The standard InChI is InChI=1S/C15H19NO2S/c1-15(2)10-16(7-8-18-15)14(17)13-9-11-5-3-4-6-12(11)19-13/h3-6,13H,7-10H2,1-2H3. The highest BCUT2D eigenvalue weighted by Gasteiger charge is 2.36. The van der Waals surface area contributed by atoms with Crippen LogP contribution in [0.4, 0.5) is 0 Å². The summed E-state index contributed by atoms with van der Waals surface area (Å²) in [6.45, 7) is 6.14. The second-order valence-corrected chi connectivity index (χ2v) is 7.03. The molecule has 0 aromatic heterocycles. The number of amides is 1. The summed E-state index contributed by atoms with van der Waals surface area (Å²) in [4.78, 5) is 15.8. The first-order valence-electron chi connectivity index (χ1n) is 6.72. The SMILES string of the molecule is CC1(C)CN(C(=O)C2Cc3ccccc3S2)CCO1. The predicted octanol–water partition coefficient (Wildman–Crippen LogP) is 2.34. The van der Waals surface area contributed by atoms with Crippen LogP contribution in [-0.2, 0) is 16.0 Å². The third kappa shape index (κ3) is 2.65. The van der Waals surface area contributed by atoms with Crippen molar-refractivity contribution in [2.75, 3.05) is 19.7 Å². The maximum Gasteiger partial charge on any atom is 0.236 e. The third-order valence-electron chi connectivity index (χ3n) is 3.66. The Balaban J connectivity index is 1.70. The average molecular weight is 277 g/mol. The van der Waals surface area contributed by atoms with Crippen LogP contribution in [0.15, 0.2) is 29.2 Å². The molecule has 1 saturated heterocycles. The molecule has 1 aromatic rings. The van der Waals surface area contributed by atoms with Gasteiger partial charge in [0.2, 0.25) is 5.91 Å². The second kappa shape index (κ2) is 4.84. The number of fused-ring (bicyclic) bond motifs is 1. The lowest BCUT2D eigenvalue weighted by Gasteiger charge is -2.39. The van der Waals surface area contributed by atoms with Crippen molar-refractivity contribution < 1.29 is 9.53 Å². The number of ether oxygens (including phenoxy) is 1. The maximum absolute atomic E-state index is 12.6. The summed E-state index contributed by atoms with van der Waals surface area (Å²) in [7, 11) is 0. The number of carbonyl (C=O) groups excluding carboxylic acids is 1. The lowest BCUT2D eigenvalue weighted by Crippen LogP contribution is -2.52. The molecule has 0 aliphatic carbocycles. The van der Waals surface area contributed by atoms with Crippen molar-refractivity contribution in [2.24, 2.45) is 0 Å². The molecule has 0 spiro atoms. The number of carbonyl (C=O) groups is 1. The summed E-state index contributed by atoms with van der Waals surface area (Å²) in [6.07, 6.45) is 0.859. The fourth-order valence-electron chi connectivity index (χ4n) is 2.73. The van der Waals surface area contributed by atoms with E-state index in [2.05, 4.69) is 12.1 Å². The molecule has 2 aliphatic rings. The topological polar surface area (TPSA) is 29.5 Å². The van der Waals surface area contributed by atoms with Crippen LogP contribution in [0.25, 0.3) is 0 Å². The zero-order valence-electron chi connectivity index (χ0n) is 11.4. The van der Waals surface area contributed by atoms with Crippen LogP contribution in [0.5, 0.6) is 0 Å². The first kappa shape index (κ1) is 13.0. The fourth-order valence-corrected chi connectivity index (χ4v) is 4.01. The van der Waals surface area contributed by atoms with Crippen LogP contribution in [0.2, 0.25) is 0 Å². The van der Waals surface area contributed by atoms with Gasteiger partial charge in [-0.05, 0) is 31.9 Å². The Hall–Kier alpha value is -1.00. The lowest BCUT2D eigenvalue weighted by atomic mass is 10.1. The van der Waals surface area contributed by atoms with Gasteiger partial charge < -0.3 is 9.64 Å². The van der Waals surface area contributed by atoms with Gasteiger partial charge >= 0.3 is 0 Å². The van der Waals surface area contributed by atoms with E-state index in [4.69, 9.17) is 4.74 Å². The largest absolute Gasteiger partial charge is 0.372 e. The molecule has 19 heavy (non-hydrogen) atoms. The molecule has 4 heteroatoms. The highest BCUT2D eigenvalue weighted by atomic mass is 32.2. The third-order valence-corrected chi connectivity index (χ3v) is 4.96. The van der Waals surface area contributed by atoms with Gasteiger partial charge in [-0.2, -0.15) is 0 Å². The molecule has 1 amide bonds. The summed E-state index contributed by atoms with van der Waals surface area (Å²) < 4.78 is 5.67. The molecule has 0 saturated carbocycles. The Morgan fingerprint density at radius 3 is 2.95 bits per heavy atom. The summed E-state index contributed by atoms with van der Waals surface area (Å²) in [5, 5.41) is 0.0475. The van der Waals surface area contributed by atoms with Crippen molar-refractivity contribution in [3.05, 3.63) is 29.8 Å². The molecule has 0 N–H and O–H groups in total. The highest BCUT2D eigenvalue weighted by molar-refractivity contribution is 8.01. The highest BCUT2D eigenvalue weighted by Crippen LogP contribution is 2.38. The molecule has 3 nitrogen and oxygen atoms in total. The summed E-state index contributed by atoms with van der Waals surface area (Å²) in [5.41, 5.74) is 1.09. The van der Waals surface area contributed by atoms with Gasteiger partial charge in [0.1, 0.15) is 0 Å². The van der Waals surface area contributed by atoms with Crippen LogP contribution in [0.1, 0.15) is 19.4 Å². The Labute approximate surface area is 118 Å². The molecule has 1 aromatic carbocycles. The van der Waals surface area contributed by atoms with Crippen LogP contribution in [-0.4, -0.2) is 41.4 Å². The zero-order valence-corrected chi connectivity index (χ0v) is 12.2. The van der Waals surface area contributed by atoms with Gasteiger partial charge in [-0.25, -0.2) is 0 Å².